The summed E-state index contributed by atoms with van der Waals surface area (Å²) in [4.78, 5) is 26.7. The number of rotatable bonds is 5. The number of ether oxygens (including phenoxy) is 1. The van der Waals surface area contributed by atoms with E-state index < -0.39 is 5.97 Å². The molecule has 6 heteroatoms. The van der Waals surface area contributed by atoms with E-state index in [1.165, 1.54) is 30.2 Å². The van der Waals surface area contributed by atoms with Crippen molar-refractivity contribution in [1.82, 2.24) is 9.88 Å². The van der Waals surface area contributed by atoms with Gasteiger partial charge in [0.25, 0.3) is 0 Å². The highest BCUT2D eigenvalue weighted by Gasteiger charge is 2.05. The largest absolute Gasteiger partial charge is 0.490 e. The summed E-state index contributed by atoms with van der Waals surface area (Å²) in [5, 5.41) is 8.64. The molecule has 0 aromatic carbocycles. The van der Waals surface area contributed by atoms with Crippen LogP contribution in [0.25, 0.3) is 0 Å². The Morgan fingerprint density at radius 3 is 2.65 bits per heavy atom. The maximum absolute atomic E-state index is 10.9. The lowest BCUT2D eigenvalue weighted by Crippen LogP contribution is -2.28. The summed E-state index contributed by atoms with van der Waals surface area (Å²) in [6.45, 7) is 2.28. The fraction of sp³-hybridized carbons (Fsp3) is 0.364. The molecule has 1 rings (SSSR count). The zero-order valence-electron chi connectivity index (χ0n) is 9.71. The van der Waals surface area contributed by atoms with Gasteiger partial charge in [0.2, 0.25) is 5.91 Å². The number of aromatic nitrogens is 1. The number of carboxylic acids is 1. The van der Waals surface area contributed by atoms with Gasteiger partial charge in [-0.25, -0.2) is 9.78 Å². The van der Waals surface area contributed by atoms with Crippen LogP contribution in [0, 0.1) is 0 Å². The molecule has 6 nitrogen and oxygen atoms in total. The number of carbonyl (C=O) groups is 2. The molecule has 0 saturated heterocycles. The Balaban J connectivity index is 2.42. The number of aromatic carboxylic acids is 1. The summed E-state index contributed by atoms with van der Waals surface area (Å²) in [6, 6.07) is 2.90. The number of hydrogen-bond donors (Lipinski definition) is 1. The topological polar surface area (TPSA) is 79.7 Å². The molecule has 92 valence electrons. The standard InChI is InChI=1S/C11H14N2O4/c1-8(14)13(2)5-6-17-9-3-4-10(11(15)16)12-7-9/h3-4,7H,5-6H2,1-2H3,(H,15,16). The maximum Gasteiger partial charge on any atom is 0.354 e. The van der Waals surface area contributed by atoms with Crippen molar-refractivity contribution in [2.24, 2.45) is 0 Å². The minimum absolute atomic E-state index is 0.0294. The van der Waals surface area contributed by atoms with E-state index in [-0.39, 0.29) is 11.6 Å². The second-order valence-electron chi connectivity index (χ2n) is 3.47. The van der Waals surface area contributed by atoms with E-state index in [1.807, 2.05) is 0 Å². The van der Waals surface area contributed by atoms with E-state index in [1.54, 1.807) is 7.05 Å². The van der Waals surface area contributed by atoms with E-state index in [0.29, 0.717) is 18.9 Å². The molecular weight excluding hydrogens is 224 g/mol. The average Bonchev–Trinajstić information content (AvgIpc) is 2.29. The van der Waals surface area contributed by atoms with Crippen LogP contribution in [0.2, 0.25) is 0 Å². The van der Waals surface area contributed by atoms with E-state index in [4.69, 9.17) is 9.84 Å². The summed E-state index contributed by atoms with van der Waals surface area (Å²) in [5.41, 5.74) is -0.0294. The molecule has 0 bridgehead atoms. The Hall–Kier alpha value is -2.11. The minimum atomic E-state index is -1.08. The summed E-state index contributed by atoms with van der Waals surface area (Å²) < 4.78 is 5.31. The zero-order valence-corrected chi connectivity index (χ0v) is 9.71. The maximum atomic E-state index is 10.9. The number of amides is 1. The van der Waals surface area contributed by atoms with Crippen LogP contribution < -0.4 is 4.74 Å². The molecule has 0 saturated carbocycles. The Morgan fingerprint density at radius 2 is 2.18 bits per heavy atom. The molecule has 1 amide bonds. The van der Waals surface area contributed by atoms with Gasteiger partial charge in [0, 0.05) is 14.0 Å². The van der Waals surface area contributed by atoms with Gasteiger partial charge in [0.1, 0.15) is 18.1 Å². The molecule has 0 fully saturated rings. The predicted octanol–water partition coefficient (Wildman–Crippen LogP) is 0.637. The first-order valence-corrected chi connectivity index (χ1v) is 5.04. The first kappa shape index (κ1) is 13.0. The van der Waals surface area contributed by atoms with Crippen molar-refractivity contribution in [3.8, 4) is 5.75 Å². The SMILES string of the molecule is CC(=O)N(C)CCOc1ccc(C(=O)O)nc1. The second kappa shape index (κ2) is 5.83. The van der Waals surface area contributed by atoms with Gasteiger partial charge in [-0.2, -0.15) is 0 Å². The van der Waals surface area contributed by atoms with E-state index in [9.17, 15) is 9.59 Å². The van der Waals surface area contributed by atoms with Crippen LogP contribution in [-0.4, -0.2) is 47.1 Å². The lowest BCUT2D eigenvalue weighted by molar-refractivity contribution is -0.127. The van der Waals surface area contributed by atoms with Crippen molar-refractivity contribution in [2.45, 2.75) is 6.92 Å². The van der Waals surface area contributed by atoms with Crippen LogP contribution >= 0.6 is 0 Å². The first-order chi connectivity index (χ1) is 8.00. The molecule has 1 aromatic heterocycles. The van der Waals surface area contributed by atoms with Crippen LogP contribution in [0.4, 0.5) is 0 Å². The number of nitrogens with zero attached hydrogens (tertiary/aromatic N) is 2. The lowest BCUT2D eigenvalue weighted by Gasteiger charge is -2.14. The fourth-order valence-electron chi connectivity index (χ4n) is 1.05. The van der Waals surface area contributed by atoms with Gasteiger partial charge in [-0.15, -0.1) is 0 Å². The number of carbonyl (C=O) groups excluding carboxylic acids is 1. The highest BCUT2D eigenvalue weighted by molar-refractivity contribution is 5.85. The second-order valence-corrected chi connectivity index (χ2v) is 3.47. The Kier molecular flexibility index (Phi) is 4.45. The molecular formula is C11H14N2O4. The van der Waals surface area contributed by atoms with Gasteiger partial charge in [0.15, 0.2) is 0 Å². The predicted molar refractivity (Wildman–Crippen MR) is 60.0 cm³/mol. The van der Waals surface area contributed by atoms with Crippen LogP contribution in [-0.2, 0) is 4.79 Å². The first-order valence-electron chi connectivity index (χ1n) is 5.04. The molecule has 0 aliphatic heterocycles. The molecule has 17 heavy (non-hydrogen) atoms. The Bertz CT molecular complexity index is 402. The molecule has 0 radical (unpaired) electrons. The molecule has 0 atom stereocenters. The normalized spacial score (nSPS) is 9.76. The third-order valence-corrected chi connectivity index (χ3v) is 2.19. The summed E-state index contributed by atoms with van der Waals surface area (Å²) in [7, 11) is 1.68. The van der Waals surface area contributed by atoms with Crippen LogP contribution in [0.15, 0.2) is 18.3 Å². The van der Waals surface area contributed by atoms with Gasteiger partial charge < -0.3 is 14.7 Å². The van der Waals surface area contributed by atoms with E-state index in [0.717, 1.165) is 0 Å². The lowest BCUT2D eigenvalue weighted by atomic mass is 10.3. The third-order valence-electron chi connectivity index (χ3n) is 2.19. The molecule has 0 spiro atoms. The van der Waals surface area contributed by atoms with Crippen molar-refractivity contribution < 1.29 is 19.4 Å². The summed E-state index contributed by atoms with van der Waals surface area (Å²) in [6.07, 6.45) is 1.34. The number of likely N-dealkylation sites (N-methyl/N-ethyl adjacent to an activating group) is 1. The van der Waals surface area contributed by atoms with Crippen LogP contribution in [0.1, 0.15) is 17.4 Å². The number of carboxylic acid groups (broad SMARTS) is 1. The number of hydrogen-bond acceptors (Lipinski definition) is 4. The number of pyridine rings is 1. The summed E-state index contributed by atoms with van der Waals surface area (Å²) >= 11 is 0. The average molecular weight is 238 g/mol. The van der Waals surface area contributed by atoms with Crippen molar-refractivity contribution in [3.63, 3.8) is 0 Å². The van der Waals surface area contributed by atoms with Gasteiger partial charge >= 0.3 is 5.97 Å². The van der Waals surface area contributed by atoms with E-state index in [2.05, 4.69) is 4.98 Å². The third kappa shape index (κ3) is 4.10. The molecule has 0 unspecified atom stereocenters. The van der Waals surface area contributed by atoms with Crippen LogP contribution in [0.3, 0.4) is 0 Å². The highest BCUT2D eigenvalue weighted by Crippen LogP contribution is 2.08. The molecule has 0 aliphatic rings. The zero-order chi connectivity index (χ0) is 12.8. The smallest absolute Gasteiger partial charge is 0.354 e. The van der Waals surface area contributed by atoms with Crippen molar-refractivity contribution >= 4 is 11.9 Å². The van der Waals surface area contributed by atoms with Gasteiger partial charge in [-0.05, 0) is 12.1 Å². The van der Waals surface area contributed by atoms with Crippen LogP contribution in [0.5, 0.6) is 5.75 Å². The Labute approximate surface area is 98.8 Å². The highest BCUT2D eigenvalue weighted by atomic mass is 16.5. The van der Waals surface area contributed by atoms with Gasteiger partial charge in [-0.1, -0.05) is 0 Å². The van der Waals surface area contributed by atoms with E-state index >= 15 is 0 Å². The summed E-state index contributed by atoms with van der Waals surface area (Å²) in [5.74, 6) is -0.632. The molecule has 1 N–H and O–H groups in total. The van der Waals surface area contributed by atoms with Gasteiger partial charge in [-0.3, -0.25) is 4.79 Å². The fourth-order valence-corrected chi connectivity index (χ4v) is 1.05. The monoisotopic (exact) mass is 238 g/mol. The van der Waals surface area contributed by atoms with Crippen molar-refractivity contribution in [3.05, 3.63) is 24.0 Å². The molecule has 1 aromatic rings. The van der Waals surface area contributed by atoms with Gasteiger partial charge in [0.05, 0.1) is 12.7 Å². The van der Waals surface area contributed by atoms with Crippen molar-refractivity contribution in [2.75, 3.05) is 20.2 Å². The molecule has 1 heterocycles. The quantitative estimate of drug-likeness (QED) is 0.814. The molecule has 0 aliphatic carbocycles. The van der Waals surface area contributed by atoms with Crippen molar-refractivity contribution in [1.29, 1.82) is 0 Å². The Morgan fingerprint density at radius 1 is 1.47 bits per heavy atom. The minimum Gasteiger partial charge on any atom is -0.490 e.